The van der Waals surface area contributed by atoms with E-state index in [1.165, 1.54) is 20.0 Å². The Hall–Kier alpha value is -1.09. The third-order valence-corrected chi connectivity index (χ3v) is 3.62. The van der Waals surface area contributed by atoms with Gasteiger partial charge in [0.15, 0.2) is 0 Å². The second-order valence-electron chi connectivity index (χ2n) is 2.96. The van der Waals surface area contributed by atoms with E-state index in [-0.39, 0.29) is 0 Å². The zero-order valence-electron chi connectivity index (χ0n) is 9.54. The van der Waals surface area contributed by atoms with Gasteiger partial charge < -0.3 is 13.8 Å². The first-order chi connectivity index (χ1) is 7.65. The highest BCUT2D eigenvalue weighted by Crippen LogP contribution is 2.48. The molecule has 0 aliphatic heterocycles. The molecule has 0 N–H and O–H groups in total. The SMILES string of the molecule is COc1ccccc1/C=C/P(=O)(OC)OC. The van der Waals surface area contributed by atoms with Crippen molar-refractivity contribution >= 4 is 13.7 Å². The normalized spacial score (nSPS) is 11.9. The monoisotopic (exact) mass is 242 g/mol. The van der Waals surface area contributed by atoms with E-state index >= 15 is 0 Å². The Morgan fingerprint density at radius 3 is 2.31 bits per heavy atom. The highest BCUT2D eigenvalue weighted by atomic mass is 31.2. The van der Waals surface area contributed by atoms with E-state index in [1.807, 2.05) is 24.3 Å². The van der Waals surface area contributed by atoms with Crippen LogP contribution in [0.25, 0.3) is 6.08 Å². The lowest BCUT2D eigenvalue weighted by atomic mass is 10.2. The molecule has 16 heavy (non-hydrogen) atoms. The number of hydrogen-bond donors (Lipinski definition) is 0. The van der Waals surface area contributed by atoms with E-state index in [0.717, 1.165) is 5.56 Å². The number of hydrogen-bond acceptors (Lipinski definition) is 4. The lowest BCUT2D eigenvalue weighted by Gasteiger charge is -2.08. The maximum Gasteiger partial charge on any atom is 0.353 e. The summed E-state index contributed by atoms with van der Waals surface area (Å²) in [5.74, 6) is 2.11. The van der Waals surface area contributed by atoms with Crippen LogP contribution in [0.15, 0.2) is 30.1 Å². The molecule has 0 aliphatic rings. The van der Waals surface area contributed by atoms with Crippen molar-refractivity contribution in [2.75, 3.05) is 21.3 Å². The topological polar surface area (TPSA) is 44.8 Å². The van der Waals surface area contributed by atoms with E-state index in [1.54, 1.807) is 13.2 Å². The minimum absolute atomic E-state index is 0.706. The Morgan fingerprint density at radius 2 is 1.75 bits per heavy atom. The Bertz CT molecular complexity index is 406. The van der Waals surface area contributed by atoms with Gasteiger partial charge in [0.2, 0.25) is 0 Å². The van der Waals surface area contributed by atoms with Gasteiger partial charge >= 0.3 is 7.60 Å². The van der Waals surface area contributed by atoms with Crippen LogP contribution in [-0.4, -0.2) is 21.3 Å². The molecule has 5 heteroatoms. The minimum Gasteiger partial charge on any atom is -0.496 e. The van der Waals surface area contributed by atoms with E-state index in [4.69, 9.17) is 13.8 Å². The van der Waals surface area contributed by atoms with Crippen molar-refractivity contribution in [1.82, 2.24) is 0 Å². The van der Waals surface area contributed by atoms with E-state index < -0.39 is 7.60 Å². The largest absolute Gasteiger partial charge is 0.496 e. The van der Waals surface area contributed by atoms with Gasteiger partial charge in [-0.3, -0.25) is 4.57 Å². The van der Waals surface area contributed by atoms with E-state index in [2.05, 4.69) is 0 Å². The number of rotatable bonds is 5. The highest BCUT2D eigenvalue weighted by molar-refractivity contribution is 7.57. The van der Waals surface area contributed by atoms with Gasteiger partial charge in [-0.2, -0.15) is 0 Å². The Kier molecular flexibility index (Phi) is 4.74. The van der Waals surface area contributed by atoms with Crippen molar-refractivity contribution in [3.05, 3.63) is 35.6 Å². The maximum atomic E-state index is 11.8. The zero-order valence-corrected chi connectivity index (χ0v) is 10.4. The van der Waals surface area contributed by atoms with Gasteiger partial charge in [0.25, 0.3) is 0 Å². The summed E-state index contributed by atoms with van der Waals surface area (Å²) in [6.07, 6.45) is 1.66. The fourth-order valence-electron chi connectivity index (χ4n) is 1.17. The van der Waals surface area contributed by atoms with Crippen molar-refractivity contribution in [3.8, 4) is 5.75 Å². The lowest BCUT2D eigenvalue weighted by molar-refractivity contribution is 0.286. The van der Waals surface area contributed by atoms with Crippen LogP contribution < -0.4 is 4.74 Å². The van der Waals surface area contributed by atoms with Gasteiger partial charge in [-0.1, -0.05) is 18.2 Å². The van der Waals surface area contributed by atoms with Crippen molar-refractivity contribution in [2.24, 2.45) is 0 Å². The molecule has 0 atom stereocenters. The van der Waals surface area contributed by atoms with Crippen molar-refractivity contribution in [1.29, 1.82) is 0 Å². The molecule has 0 unspecified atom stereocenters. The molecular weight excluding hydrogens is 227 g/mol. The average Bonchev–Trinajstić information content (AvgIpc) is 2.36. The Morgan fingerprint density at radius 1 is 1.12 bits per heavy atom. The van der Waals surface area contributed by atoms with Gasteiger partial charge in [0, 0.05) is 25.6 Å². The third kappa shape index (κ3) is 3.20. The number of benzene rings is 1. The summed E-state index contributed by atoms with van der Waals surface area (Å²) >= 11 is 0. The fourth-order valence-corrected chi connectivity index (χ4v) is 1.91. The summed E-state index contributed by atoms with van der Waals surface area (Å²) in [4.78, 5) is 0. The molecule has 0 bridgehead atoms. The van der Waals surface area contributed by atoms with Crippen LogP contribution in [0.1, 0.15) is 5.56 Å². The molecule has 1 aromatic carbocycles. The molecule has 0 heterocycles. The Balaban J connectivity index is 2.95. The van der Waals surface area contributed by atoms with Crippen LogP contribution in [0, 0.1) is 0 Å². The quantitative estimate of drug-likeness (QED) is 0.744. The molecule has 0 saturated heterocycles. The van der Waals surface area contributed by atoms with Crippen molar-refractivity contribution in [3.63, 3.8) is 0 Å². The maximum absolute atomic E-state index is 11.8. The third-order valence-electron chi connectivity index (χ3n) is 2.08. The number of ether oxygens (including phenoxy) is 1. The van der Waals surface area contributed by atoms with Crippen molar-refractivity contribution < 1.29 is 18.3 Å². The van der Waals surface area contributed by atoms with Crippen LogP contribution in [0.5, 0.6) is 5.75 Å². The van der Waals surface area contributed by atoms with Crippen molar-refractivity contribution in [2.45, 2.75) is 0 Å². The first-order valence-corrected chi connectivity index (χ1v) is 6.30. The van der Waals surface area contributed by atoms with Crippen LogP contribution >= 0.6 is 7.60 Å². The van der Waals surface area contributed by atoms with E-state index in [0.29, 0.717) is 5.75 Å². The molecule has 88 valence electrons. The van der Waals surface area contributed by atoms with Crippen LogP contribution in [-0.2, 0) is 13.6 Å². The molecule has 0 aliphatic carbocycles. The smallest absolute Gasteiger partial charge is 0.353 e. The zero-order chi connectivity index (χ0) is 12.0. The molecule has 0 fully saturated rings. The fraction of sp³-hybridized carbons (Fsp3) is 0.273. The molecule has 1 aromatic rings. The van der Waals surface area contributed by atoms with Gasteiger partial charge in [-0.25, -0.2) is 0 Å². The molecule has 0 spiro atoms. The predicted molar refractivity (Wildman–Crippen MR) is 63.7 cm³/mol. The summed E-state index contributed by atoms with van der Waals surface area (Å²) in [6.45, 7) is 0. The molecule has 0 radical (unpaired) electrons. The van der Waals surface area contributed by atoms with Gasteiger partial charge in [-0.05, 0) is 12.1 Å². The molecule has 0 saturated carbocycles. The number of para-hydroxylation sites is 1. The molecule has 1 rings (SSSR count). The Labute approximate surface area is 95.4 Å². The van der Waals surface area contributed by atoms with Gasteiger partial charge in [-0.15, -0.1) is 0 Å². The number of methoxy groups -OCH3 is 1. The molecule has 0 amide bonds. The average molecular weight is 242 g/mol. The summed E-state index contributed by atoms with van der Waals surface area (Å²) in [6, 6.07) is 7.41. The summed E-state index contributed by atoms with van der Waals surface area (Å²) in [7, 11) is 1.16. The molecular formula is C11H15O4P. The van der Waals surface area contributed by atoms with Crippen LogP contribution in [0.3, 0.4) is 0 Å². The first-order valence-electron chi connectivity index (χ1n) is 4.68. The molecule has 0 aromatic heterocycles. The predicted octanol–water partition coefficient (Wildman–Crippen LogP) is 3.15. The summed E-state index contributed by atoms with van der Waals surface area (Å²) in [5, 5.41) is 0. The van der Waals surface area contributed by atoms with Gasteiger partial charge in [0.1, 0.15) is 5.75 Å². The van der Waals surface area contributed by atoms with Gasteiger partial charge in [0.05, 0.1) is 7.11 Å². The first kappa shape index (κ1) is 13.0. The summed E-state index contributed by atoms with van der Waals surface area (Å²) < 4.78 is 26.5. The van der Waals surface area contributed by atoms with Crippen LogP contribution in [0.4, 0.5) is 0 Å². The molecule has 4 nitrogen and oxygen atoms in total. The highest BCUT2D eigenvalue weighted by Gasteiger charge is 2.15. The van der Waals surface area contributed by atoms with Crippen LogP contribution in [0.2, 0.25) is 0 Å². The standard InChI is InChI=1S/C11H15O4P/c1-13-11-7-5-4-6-10(11)8-9-16(12,14-2)15-3/h4-9H,1-3H3/b9-8+. The summed E-state index contributed by atoms with van der Waals surface area (Å²) in [5.41, 5.74) is 0.819. The second-order valence-corrected chi connectivity index (χ2v) is 5.07. The van der Waals surface area contributed by atoms with E-state index in [9.17, 15) is 4.57 Å². The second kappa shape index (κ2) is 5.85. The lowest BCUT2D eigenvalue weighted by Crippen LogP contribution is -1.87. The minimum atomic E-state index is -3.11.